The number of halogens is 3. The lowest BCUT2D eigenvalue weighted by Gasteiger charge is -2.36. The maximum absolute atomic E-state index is 12.6. The molecule has 1 aromatic rings. The van der Waals surface area contributed by atoms with Crippen molar-refractivity contribution in [2.24, 2.45) is 17.8 Å². The van der Waals surface area contributed by atoms with Gasteiger partial charge in [-0.25, -0.2) is 4.68 Å². The summed E-state index contributed by atoms with van der Waals surface area (Å²) in [5, 5.41) is 6.22. The molecule has 0 bridgehead atoms. The number of nitrogen functional groups attached to an aromatic ring is 1. The molecular weight excluding hydrogens is 357 g/mol. The Balaban J connectivity index is 1.93. The number of ether oxygens (including phenoxy) is 1. The number of aromatic nitrogens is 3. The molecule has 0 aromatic carbocycles. The first-order valence-electron chi connectivity index (χ1n) is 8.19. The number of carbonyl (C=O) groups is 1. The van der Waals surface area contributed by atoms with E-state index >= 15 is 0 Å². The van der Waals surface area contributed by atoms with Gasteiger partial charge in [-0.2, -0.15) is 13.2 Å². The van der Waals surface area contributed by atoms with Gasteiger partial charge in [0.15, 0.2) is 0 Å². The molecule has 1 heterocycles. The second-order valence-corrected chi connectivity index (χ2v) is 7.76. The lowest BCUT2D eigenvalue weighted by molar-refractivity contribution is -0.152. The fourth-order valence-corrected chi connectivity index (χ4v) is 3.78. The first-order chi connectivity index (χ1) is 11.6. The van der Waals surface area contributed by atoms with E-state index in [-0.39, 0.29) is 17.0 Å². The van der Waals surface area contributed by atoms with Gasteiger partial charge in [0, 0.05) is 0 Å². The van der Waals surface area contributed by atoms with Crippen LogP contribution in [0.15, 0.2) is 5.16 Å². The third-order valence-electron chi connectivity index (χ3n) is 4.48. The van der Waals surface area contributed by atoms with E-state index in [9.17, 15) is 18.0 Å². The Morgan fingerprint density at radius 1 is 1.40 bits per heavy atom. The van der Waals surface area contributed by atoms with Crippen molar-refractivity contribution in [3.05, 3.63) is 5.82 Å². The van der Waals surface area contributed by atoms with E-state index in [1.165, 1.54) is 0 Å². The molecule has 25 heavy (non-hydrogen) atoms. The number of thioether (sulfide) groups is 1. The van der Waals surface area contributed by atoms with Crippen LogP contribution in [0.2, 0.25) is 0 Å². The van der Waals surface area contributed by atoms with Crippen molar-refractivity contribution >= 4 is 17.7 Å². The molecule has 1 saturated carbocycles. The quantitative estimate of drug-likeness (QED) is 0.480. The molecule has 1 aliphatic rings. The molecule has 0 saturated heterocycles. The SMILES string of the molecule is CC(C)[C@@H]1CC[C@@H](C)C[C@H]1OC(=O)CSc1nnc(C(F)(F)F)n1N. The summed E-state index contributed by atoms with van der Waals surface area (Å²) in [6.07, 6.45) is -1.91. The molecule has 2 rings (SSSR count). The van der Waals surface area contributed by atoms with Crippen LogP contribution in [0.4, 0.5) is 13.2 Å². The zero-order valence-electron chi connectivity index (χ0n) is 14.4. The summed E-state index contributed by atoms with van der Waals surface area (Å²) in [7, 11) is 0. The Morgan fingerprint density at radius 3 is 2.64 bits per heavy atom. The van der Waals surface area contributed by atoms with Gasteiger partial charge in [-0.3, -0.25) is 4.79 Å². The Labute approximate surface area is 148 Å². The highest BCUT2D eigenvalue weighted by Gasteiger charge is 2.38. The van der Waals surface area contributed by atoms with Crippen LogP contribution in [0.1, 0.15) is 45.9 Å². The van der Waals surface area contributed by atoms with Gasteiger partial charge in [0.2, 0.25) is 5.16 Å². The molecule has 3 atom stereocenters. The van der Waals surface area contributed by atoms with Gasteiger partial charge in [0.25, 0.3) is 5.82 Å². The van der Waals surface area contributed by atoms with Crippen LogP contribution in [0.25, 0.3) is 0 Å². The smallest absolute Gasteiger partial charge is 0.453 e. The topological polar surface area (TPSA) is 83.0 Å². The number of nitrogens with zero attached hydrogens (tertiary/aromatic N) is 3. The highest BCUT2D eigenvalue weighted by Crippen LogP contribution is 2.35. The maximum atomic E-state index is 12.6. The predicted octanol–water partition coefficient (Wildman–Crippen LogP) is 3.11. The molecule has 0 amide bonds. The molecule has 1 aliphatic carbocycles. The van der Waals surface area contributed by atoms with Crippen molar-refractivity contribution in [2.75, 3.05) is 11.6 Å². The molecule has 10 heteroatoms. The number of carbonyl (C=O) groups excluding carboxylic acids is 1. The van der Waals surface area contributed by atoms with Gasteiger partial charge >= 0.3 is 12.1 Å². The summed E-state index contributed by atoms with van der Waals surface area (Å²) in [5.41, 5.74) is 0. The normalized spacial score (nSPS) is 24.5. The first-order valence-corrected chi connectivity index (χ1v) is 9.18. The lowest BCUT2D eigenvalue weighted by atomic mass is 9.75. The van der Waals surface area contributed by atoms with Crippen LogP contribution in [0, 0.1) is 17.8 Å². The maximum Gasteiger partial charge on any atom is 0.453 e. The van der Waals surface area contributed by atoms with E-state index in [0.717, 1.165) is 31.0 Å². The zero-order valence-corrected chi connectivity index (χ0v) is 15.2. The summed E-state index contributed by atoms with van der Waals surface area (Å²) in [6.45, 7) is 6.33. The first kappa shape index (κ1) is 19.9. The number of hydrogen-bond acceptors (Lipinski definition) is 6. The van der Waals surface area contributed by atoms with Gasteiger partial charge in [-0.05, 0) is 30.6 Å². The Hall–Kier alpha value is -1.45. The second-order valence-electron chi connectivity index (χ2n) is 6.82. The number of esters is 1. The third kappa shape index (κ3) is 5.02. The Morgan fingerprint density at radius 2 is 2.08 bits per heavy atom. The molecule has 1 fully saturated rings. The van der Waals surface area contributed by atoms with Crippen LogP contribution in [0.5, 0.6) is 0 Å². The van der Waals surface area contributed by atoms with Crippen LogP contribution in [0.3, 0.4) is 0 Å². The fraction of sp³-hybridized carbons (Fsp3) is 0.800. The lowest BCUT2D eigenvalue weighted by Crippen LogP contribution is -2.36. The molecule has 0 spiro atoms. The van der Waals surface area contributed by atoms with Crippen molar-refractivity contribution < 1.29 is 22.7 Å². The van der Waals surface area contributed by atoms with E-state index in [1.807, 2.05) is 0 Å². The average molecular weight is 380 g/mol. The van der Waals surface area contributed by atoms with Crippen LogP contribution in [-0.2, 0) is 15.7 Å². The summed E-state index contributed by atoms with van der Waals surface area (Å²) in [4.78, 5) is 12.1. The molecule has 6 nitrogen and oxygen atoms in total. The summed E-state index contributed by atoms with van der Waals surface area (Å²) in [5.74, 6) is 4.59. The highest BCUT2D eigenvalue weighted by molar-refractivity contribution is 7.99. The Bertz CT molecular complexity index is 606. The molecule has 0 aliphatic heterocycles. The standard InChI is InChI=1S/C15H23F3N4O2S/c1-8(2)10-5-4-9(3)6-11(10)24-12(23)7-25-14-21-20-13(22(14)19)15(16,17)18/h8-11H,4-7,19H2,1-3H3/t9-,10+,11-/m1/s1. The van der Waals surface area contributed by atoms with Gasteiger partial charge < -0.3 is 10.6 Å². The monoisotopic (exact) mass is 380 g/mol. The Kier molecular flexibility index (Phi) is 6.23. The predicted molar refractivity (Wildman–Crippen MR) is 87.1 cm³/mol. The van der Waals surface area contributed by atoms with Crippen LogP contribution < -0.4 is 5.84 Å². The molecule has 2 N–H and O–H groups in total. The summed E-state index contributed by atoms with van der Waals surface area (Å²) >= 11 is 0.781. The highest BCUT2D eigenvalue weighted by atomic mass is 32.2. The van der Waals surface area contributed by atoms with Gasteiger partial charge in [0.05, 0.1) is 5.75 Å². The minimum atomic E-state index is -4.69. The molecular formula is C15H23F3N4O2S. The molecule has 0 unspecified atom stereocenters. The van der Waals surface area contributed by atoms with E-state index in [0.29, 0.717) is 22.4 Å². The molecule has 142 valence electrons. The van der Waals surface area contributed by atoms with Crippen molar-refractivity contribution in [1.29, 1.82) is 0 Å². The zero-order chi connectivity index (χ0) is 18.8. The summed E-state index contributed by atoms with van der Waals surface area (Å²) < 4.78 is 43.8. The molecule has 0 radical (unpaired) electrons. The van der Waals surface area contributed by atoms with Crippen molar-refractivity contribution in [3.8, 4) is 0 Å². The number of hydrogen-bond donors (Lipinski definition) is 1. The average Bonchev–Trinajstić information content (AvgIpc) is 2.86. The van der Waals surface area contributed by atoms with E-state index in [1.54, 1.807) is 0 Å². The third-order valence-corrected chi connectivity index (χ3v) is 5.40. The van der Waals surface area contributed by atoms with Crippen LogP contribution >= 0.6 is 11.8 Å². The van der Waals surface area contributed by atoms with Gasteiger partial charge in [-0.1, -0.05) is 39.0 Å². The molecule has 1 aromatic heterocycles. The number of rotatable bonds is 5. The van der Waals surface area contributed by atoms with Crippen molar-refractivity contribution in [2.45, 2.75) is 57.5 Å². The largest absolute Gasteiger partial charge is 0.461 e. The van der Waals surface area contributed by atoms with E-state index in [4.69, 9.17) is 10.6 Å². The minimum Gasteiger partial charge on any atom is -0.461 e. The number of alkyl halides is 3. The second kappa shape index (κ2) is 7.84. The summed E-state index contributed by atoms with van der Waals surface area (Å²) in [6, 6.07) is 0. The fourth-order valence-electron chi connectivity index (χ4n) is 3.15. The van der Waals surface area contributed by atoms with Crippen LogP contribution in [-0.4, -0.2) is 32.7 Å². The van der Waals surface area contributed by atoms with Gasteiger partial charge in [0.1, 0.15) is 6.10 Å². The van der Waals surface area contributed by atoms with E-state index in [2.05, 4.69) is 31.0 Å². The minimum absolute atomic E-state index is 0.154. The van der Waals surface area contributed by atoms with Crippen molar-refractivity contribution in [3.63, 3.8) is 0 Å². The number of nitrogens with two attached hydrogens (primary N) is 1. The van der Waals surface area contributed by atoms with Crippen molar-refractivity contribution in [1.82, 2.24) is 14.9 Å². The van der Waals surface area contributed by atoms with Gasteiger partial charge in [-0.15, -0.1) is 10.2 Å². The van der Waals surface area contributed by atoms with E-state index < -0.39 is 18.0 Å².